The maximum Gasteiger partial charge on any atom is 0.134 e. The van der Waals surface area contributed by atoms with Crippen LogP contribution in [0.1, 0.15) is 22.8 Å². The van der Waals surface area contributed by atoms with Crippen molar-refractivity contribution in [2.75, 3.05) is 39.3 Å². The number of ether oxygens (including phenoxy) is 1. The van der Waals surface area contributed by atoms with Gasteiger partial charge in [-0.25, -0.2) is 0 Å². The number of hydrogen-bond donors (Lipinski definition) is 1. The number of rotatable bonds is 8. The summed E-state index contributed by atoms with van der Waals surface area (Å²) in [6.07, 6.45) is -0.0389. The molecule has 162 valence electrons. The van der Waals surface area contributed by atoms with Gasteiger partial charge in [0.05, 0.1) is 11.6 Å². The third kappa shape index (κ3) is 6.08. The standard InChI is InChI=1S/C26H29ClN2O2/c27-24-19-21(11-12-25(24)30)20-29-15-13-28(14-16-29)17-18-31-26(22-7-3-1-4-8-22)23-9-5-2-6-10-23/h1-12,19,26,30H,13-18,20H2. The van der Waals surface area contributed by atoms with Gasteiger partial charge in [-0.05, 0) is 28.8 Å². The molecular weight excluding hydrogens is 408 g/mol. The maximum atomic E-state index is 9.59. The summed E-state index contributed by atoms with van der Waals surface area (Å²) in [5.74, 6) is 0.138. The van der Waals surface area contributed by atoms with Gasteiger partial charge in [-0.1, -0.05) is 78.3 Å². The Kier molecular flexibility index (Phi) is 7.60. The number of hydrogen-bond acceptors (Lipinski definition) is 4. The van der Waals surface area contributed by atoms with E-state index in [2.05, 4.69) is 58.3 Å². The minimum atomic E-state index is -0.0389. The van der Waals surface area contributed by atoms with Gasteiger partial charge in [-0.2, -0.15) is 0 Å². The highest BCUT2D eigenvalue weighted by molar-refractivity contribution is 6.32. The van der Waals surface area contributed by atoms with Crippen LogP contribution >= 0.6 is 11.6 Å². The molecule has 0 unspecified atom stereocenters. The normalized spacial score (nSPS) is 15.4. The first-order valence-corrected chi connectivity index (χ1v) is 11.2. The Morgan fingerprint density at radius 3 is 1.97 bits per heavy atom. The zero-order valence-corrected chi connectivity index (χ0v) is 18.4. The van der Waals surface area contributed by atoms with E-state index in [9.17, 15) is 5.11 Å². The van der Waals surface area contributed by atoms with Crippen LogP contribution in [0.15, 0.2) is 78.9 Å². The molecule has 4 nitrogen and oxygen atoms in total. The Morgan fingerprint density at radius 1 is 0.806 bits per heavy atom. The van der Waals surface area contributed by atoms with Crippen LogP contribution in [-0.4, -0.2) is 54.2 Å². The second-order valence-electron chi connectivity index (χ2n) is 7.98. The number of halogens is 1. The van der Waals surface area contributed by atoms with Crippen molar-refractivity contribution in [3.8, 4) is 5.75 Å². The zero-order chi connectivity index (χ0) is 21.5. The van der Waals surface area contributed by atoms with Gasteiger partial charge < -0.3 is 9.84 Å². The first-order valence-electron chi connectivity index (χ1n) is 10.8. The molecule has 1 heterocycles. The lowest BCUT2D eigenvalue weighted by molar-refractivity contribution is 0.0442. The molecule has 5 heteroatoms. The lowest BCUT2D eigenvalue weighted by atomic mass is 10.0. The first-order chi connectivity index (χ1) is 15.2. The second kappa shape index (κ2) is 10.8. The van der Waals surface area contributed by atoms with Crippen molar-refractivity contribution >= 4 is 11.6 Å². The quantitative estimate of drug-likeness (QED) is 0.540. The number of nitrogens with zero attached hydrogens (tertiary/aromatic N) is 2. The van der Waals surface area contributed by atoms with Gasteiger partial charge in [-0.3, -0.25) is 9.80 Å². The monoisotopic (exact) mass is 436 g/mol. The van der Waals surface area contributed by atoms with Crippen molar-refractivity contribution in [3.63, 3.8) is 0 Å². The van der Waals surface area contributed by atoms with Crippen LogP contribution in [0.4, 0.5) is 0 Å². The summed E-state index contributed by atoms with van der Waals surface area (Å²) in [6, 6.07) is 26.3. The second-order valence-corrected chi connectivity index (χ2v) is 8.38. The Hall–Kier alpha value is -2.37. The summed E-state index contributed by atoms with van der Waals surface area (Å²) in [5.41, 5.74) is 3.50. The smallest absolute Gasteiger partial charge is 0.134 e. The zero-order valence-electron chi connectivity index (χ0n) is 17.7. The van der Waals surface area contributed by atoms with Crippen LogP contribution in [0.25, 0.3) is 0 Å². The van der Waals surface area contributed by atoms with Gasteiger partial charge in [0.15, 0.2) is 0 Å². The molecule has 0 saturated carbocycles. The Balaban J connectivity index is 1.26. The average Bonchev–Trinajstić information content (AvgIpc) is 2.81. The highest BCUT2D eigenvalue weighted by atomic mass is 35.5. The van der Waals surface area contributed by atoms with E-state index in [-0.39, 0.29) is 11.9 Å². The average molecular weight is 437 g/mol. The van der Waals surface area contributed by atoms with E-state index in [0.29, 0.717) is 11.6 Å². The summed E-state index contributed by atoms with van der Waals surface area (Å²) in [4.78, 5) is 4.89. The van der Waals surface area contributed by atoms with E-state index < -0.39 is 0 Å². The molecule has 3 aromatic carbocycles. The highest BCUT2D eigenvalue weighted by Crippen LogP contribution is 2.26. The molecule has 0 amide bonds. The van der Waals surface area contributed by atoms with E-state index >= 15 is 0 Å². The minimum Gasteiger partial charge on any atom is -0.506 e. The fourth-order valence-electron chi connectivity index (χ4n) is 4.02. The Bertz CT molecular complexity index is 905. The van der Waals surface area contributed by atoms with Gasteiger partial charge >= 0.3 is 0 Å². The summed E-state index contributed by atoms with van der Waals surface area (Å²) in [7, 11) is 0. The van der Waals surface area contributed by atoms with E-state index in [1.165, 1.54) is 11.1 Å². The van der Waals surface area contributed by atoms with Gasteiger partial charge in [-0.15, -0.1) is 0 Å². The topological polar surface area (TPSA) is 35.9 Å². The summed E-state index contributed by atoms with van der Waals surface area (Å²) >= 11 is 6.04. The van der Waals surface area contributed by atoms with Crippen molar-refractivity contribution in [2.45, 2.75) is 12.6 Å². The van der Waals surface area contributed by atoms with Crippen LogP contribution in [0.3, 0.4) is 0 Å². The molecule has 0 aromatic heterocycles. The molecule has 1 aliphatic rings. The molecule has 1 aliphatic heterocycles. The van der Waals surface area contributed by atoms with E-state index in [4.69, 9.17) is 16.3 Å². The first kappa shape index (κ1) is 21.8. The van der Waals surface area contributed by atoms with Crippen molar-refractivity contribution in [1.29, 1.82) is 0 Å². The number of phenols is 1. The van der Waals surface area contributed by atoms with Crippen molar-refractivity contribution in [1.82, 2.24) is 9.80 Å². The van der Waals surface area contributed by atoms with Crippen molar-refractivity contribution in [3.05, 3.63) is 101 Å². The predicted octanol–water partition coefficient (Wildman–Crippen LogP) is 4.97. The number of phenolic OH excluding ortho intramolecular Hbond substituents is 1. The van der Waals surface area contributed by atoms with Gasteiger partial charge in [0.25, 0.3) is 0 Å². The summed E-state index contributed by atoms with van der Waals surface area (Å²) in [6.45, 7) is 6.55. The lowest BCUT2D eigenvalue weighted by Gasteiger charge is -2.35. The van der Waals surface area contributed by atoms with Crippen LogP contribution in [0.2, 0.25) is 5.02 Å². The van der Waals surface area contributed by atoms with Gasteiger partial charge in [0, 0.05) is 39.3 Å². The van der Waals surface area contributed by atoms with Crippen LogP contribution < -0.4 is 0 Å². The van der Waals surface area contributed by atoms with Crippen LogP contribution in [-0.2, 0) is 11.3 Å². The molecule has 0 radical (unpaired) electrons. The number of piperazine rings is 1. The SMILES string of the molecule is Oc1ccc(CN2CCN(CCOC(c3ccccc3)c3ccccc3)CC2)cc1Cl. The van der Waals surface area contributed by atoms with E-state index in [1.807, 2.05) is 24.3 Å². The maximum absolute atomic E-state index is 9.59. The molecule has 1 N–H and O–H groups in total. The van der Waals surface area contributed by atoms with Gasteiger partial charge in [0.2, 0.25) is 0 Å². The molecular formula is C26H29ClN2O2. The molecule has 0 atom stereocenters. The lowest BCUT2D eigenvalue weighted by Crippen LogP contribution is -2.46. The Labute approximate surface area is 189 Å². The molecule has 31 heavy (non-hydrogen) atoms. The van der Waals surface area contributed by atoms with Crippen molar-refractivity contribution in [2.24, 2.45) is 0 Å². The highest BCUT2D eigenvalue weighted by Gasteiger charge is 2.19. The van der Waals surface area contributed by atoms with Crippen LogP contribution in [0, 0.1) is 0 Å². The molecule has 0 aliphatic carbocycles. The fourth-order valence-corrected chi connectivity index (χ4v) is 4.22. The third-order valence-electron chi connectivity index (χ3n) is 5.78. The van der Waals surface area contributed by atoms with E-state index in [0.717, 1.165) is 44.8 Å². The third-order valence-corrected chi connectivity index (χ3v) is 6.08. The molecule has 1 saturated heterocycles. The Morgan fingerprint density at radius 2 is 1.39 bits per heavy atom. The number of benzene rings is 3. The largest absolute Gasteiger partial charge is 0.506 e. The van der Waals surface area contributed by atoms with Crippen molar-refractivity contribution < 1.29 is 9.84 Å². The summed E-state index contributed by atoms with van der Waals surface area (Å²) < 4.78 is 6.37. The van der Waals surface area contributed by atoms with Gasteiger partial charge in [0.1, 0.15) is 11.9 Å². The summed E-state index contributed by atoms with van der Waals surface area (Å²) in [5, 5.41) is 10.0. The van der Waals surface area contributed by atoms with E-state index in [1.54, 1.807) is 6.07 Å². The fraction of sp³-hybridized carbons (Fsp3) is 0.308. The molecule has 3 aromatic rings. The molecule has 0 bridgehead atoms. The predicted molar refractivity (Wildman–Crippen MR) is 126 cm³/mol. The minimum absolute atomic E-state index is 0.0389. The molecule has 0 spiro atoms. The molecule has 4 rings (SSSR count). The number of aromatic hydroxyl groups is 1. The van der Waals surface area contributed by atoms with Crippen LogP contribution in [0.5, 0.6) is 5.75 Å². The molecule has 1 fully saturated rings.